The number of halogens is 2. The fraction of sp³-hybridized carbons (Fsp3) is 0.348. The molecule has 0 unspecified atom stereocenters. The summed E-state index contributed by atoms with van der Waals surface area (Å²) in [5.41, 5.74) is 0.440. The van der Waals surface area contributed by atoms with Gasteiger partial charge in [0, 0.05) is 24.7 Å². The van der Waals surface area contributed by atoms with E-state index in [4.69, 9.17) is 9.47 Å². The number of ether oxygens (including phenoxy) is 3. The molecule has 1 aliphatic rings. The topological polar surface area (TPSA) is 94.2 Å². The summed E-state index contributed by atoms with van der Waals surface area (Å²) in [6.45, 7) is 1.66. The smallest absolute Gasteiger partial charge is 0.387 e. The summed E-state index contributed by atoms with van der Waals surface area (Å²) in [6, 6.07) is 10.3. The number of morpholine rings is 1. The number of rotatable bonds is 9. The monoisotopic (exact) mass is 496 g/mol. The molecular formula is C23H26F2N2O6S. The summed E-state index contributed by atoms with van der Waals surface area (Å²) in [7, 11) is -3.80. The SMILES string of the molecule is CC(C)Oc1ccc(S(=O)(=O)N2CCOCC2)cc1NC(=O)/C=C/c1ccccc1OC(F)F. The van der Waals surface area contributed by atoms with Gasteiger partial charge in [-0.3, -0.25) is 4.79 Å². The standard InChI is InChI=1S/C23H26F2N2O6S/c1-16(2)32-21-9-8-18(34(29,30)27-11-13-31-14-12-27)15-19(21)26-22(28)10-7-17-5-3-4-6-20(17)33-23(24)25/h3-10,15-16,23H,11-14H2,1-2H3,(H,26,28)/b10-7+. The highest BCUT2D eigenvalue weighted by molar-refractivity contribution is 7.89. The Kier molecular flexibility index (Phi) is 8.59. The van der Waals surface area contributed by atoms with Gasteiger partial charge in [0.05, 0.1) is 29.9 Å². The lowest BCUT2D eigenvalue weighted by Crippen LogP contribution is -2.40. The van der Waals surface area contributed by atoms with Crippen LogP contribution in [0.1, 0.15) is 19.4 Å². The number of amides is 1. The van der Waals surface area contributed by atoms with Crippen molar-refractivity contribution in [2.75, 3.05) is 31.6 Å². The largest absolute Gasteiger partial charge is 0.489 e. The minimum absolute atomic E-state index is 0.000430. The van der Waals surface area contributed by atoms with Crippen molar-refractivity contribution in [2.45, 2.75) is 31.5 Å². The van der Waals surface area contributed by atoms with Crippen molar-refractivity contribution in [3.05, 3.63) is 54.1 Å². The molecule has 1 heterocycles. The third kappa shape index (κ3) is 6.75. The van der Waals surface area contributed by atoms with E-state index in [1.165, 1.54) is 46.8 Å². The van der Waals surface area contributed by atoms with Gasteiger partial charge in [-0.1, -0.05) is 18.2 Å². The Balaban J connectivity index is 1.85. The molecule has 2 aromatic carbocycles. The fourth-order valence-electron chi connectivity index (χ4n) is 3.22. The molecule has 2 aromatic rings. The second-order valence-corrected chi connectivity index (χ2v) is 9.52. The van der Waals surface area contributed by atoms with Crippen LogP contribution in [-0.4, -0.2) is 57.6 Å². The number of carbonyl (C=O) groups excluding carboxylic acids is 1. The van der Waals surface area contributed by atoms with Gasteiger partial charge in [0.25, 0.3) is 0 Å². The molecule has 184 valence electrons. The number of hydrogen-bond acceptors (Lipinski definition) is 6. The molecule has 0 bridgehead atoms. The van der Waals surface area contributed by atoms with E-state index in [0.29, 0.717) is 19.0 Å². The molecule has 0 atom stereocenters. The first-order valence-corrected chi connectivity index (χ1v) is 12.0. The maximum Gasteiger partial charge on any atom is 0.387 e. The van der Waals surface area contributed by atoms with Crippen LogP contribution in [0.15, 0.2) is 53.4 Å². The second-order valence-electron chi connectivity index (χ2n) is 7.58. The van der Waals surface area contributed by atoms with Crippen molar-refractivity contribution >= 4 is 27.7 Å². The average Bonchev–Trinajstić information content (AvgIpc) is 2.79. The summed E-state index contributed by atoms with van der Waals surface area (Å²) in [6.07, 6.45) is 2.23. The van der Waals surface area contributed by atoms with Crippen LogP contribution in [0.3, 0.4) is 0 Å². The van der Waals surface area contributed by atoms with Gasteiger partial charge in [-0.25, -0.2) is 8.42 Å². The number of sulfonamides is 1. The highest BCUT2D eigenvalue weighted by Gasteiger charge is 2.27. The zero-order valence-corrected chi connectivity index (χ0v) is 19.6. The summed E-state index contributed by atoms with van der Waals surface area (Å²) < 4.78 is 68.0. The third-order valence-electron chi connectivity index (χ3n) is 4.73. The summed E-state index contributed by atoms with van der Waals surface area (Å²) in [5.74, 6) is -0.399. The van der Waals surface area contributed by atoms with Gasteiger partial charge in [-0.15, -0.1) is 0 Å². The Morgan fingerprint density at radius 1 is 1.09 bits per heavy atom. The normalized spacial score (nSPS) is 15.1. The van der Waals surface area contributed by atoms with Gasteiger partial charge in [0.2, 0.25) is 15.9 Å². The molecule has 11 heteroatoms. The Morgan fingerprint density at radius 3 is 2.47 bits per heavy atom. The van der Waals surface area contributed by atoms with Gasteiger partial charge >= 0.3 is 6.61 Å². The Labute approximate surface area is 197 Å². The van der Waals surface area contributed by atoms with Crippen LogP contribution in [0, 0.1) is 0 Å². The molecular weight excluding hydrogens is 470 g/mol. The lowest BCUT2D eigenvalue weighted by atomic mass is 10.2. The number of alkyl halides is 2. The van der Waals surface area contributed by atoms with E-state index >= 15 is 0 Å². The van der Waals surface area contributed by atoms with Crippen molar-refractivity contribution in [3.8, 4) is 11.5 Å². The number of nitrogens with zero attached hydrogens (tertiary/aromatic N) is 1. The maximum atomic E-state index is 13.0. The van der Waals surface area contributed by atoms with Crippen LogP contribution in [0.25, 0.3) is 6.08 Å². The van der Waals surface area contributed by atoms with E-state index in [9.17, 15) is 22.0 Å². The molecule has 8 nitrogen and oxygen atoms in total. The second kappa shape index (κ2) is 11.4. The molecule has 1 saturated heterocycles. The minimum Gasteiger partial charge on any atom is -0.489 e. The van der Waals surface area contributed by atoms with Gasteiger partial charge in [-0.2, -0.15) is 13.1 Å². The third-order valence-corrected chi connectivity index (χ3v) is 6.62. The predicted octanol–water partition coefficient (Wildman–Crippen LogP) is 3.75. The quantitative estimate of drug-likeness (QED) is 0.532. The van der Waals surface area contributed by atoms with E-state index in [0.717, 1.165) is 6.08 Å². The van der Waals surface area contributed by atoms with E-state index in [1.54, 1.807) is 19.9 Å². The fourth-order valence-corrected chi connectivity index (χ4v) is 4.66. The zero-order valence-electron chi connectivity index (χ0n) is 18.7. The first-order valence-electron chi connectivity index (χ1n) is 10.6. The Morgan fingerprint density at radius 2 is 1.79 bits per heavy atom. The van der Waals surface area contributed by atoms with Crippen molar-refractivity contribution in [3.63, 3.8) is 0 Å². The van der Waals surface area contributed by atoms with E-state index in [1.807, 2.05) is 0 Å². The first kappa shape index (κ1) is 25.6. The van der Waals surface area contributed by atoms with E-state index in [-0.39, 0.29) is 41.1 Å². The molecule has 0 spiro atoms. The lowest BCUT2D eigenvalue weighted by molar-refractivity contribution is -0.111. The van der Waals surface area contributed by atoms with Gasteiger partial charge in [-0.05, 0) is 44.2 Å². The predicted molar refractivity (Wildman–Crippen MR) is 123 cm³/mol. The number of para-hydroxylation sites is 1. The van der Waals surface area contributed by atoms with E-state index in [2.05, 4.69) is 10.1 Å². The highest BCUT2D eigenvalue weighted by Crippen LogP contribution is 2.30. The molecule has 0 saturated carbocycles. The molecule has 1 amide bonds. The number of benzene rings is 2. The van der Waals surface area contributed by atoms with Crippen molar-refractivity contribution in [1.29, 1.82) is 0 Å². The molecule has 1 N–H and O–H groups in total. The summed E-state index contributed by atoms with van der Waals surface area (Å²) in [5, 5.41) is 2.61. The first-order chi connectivity index (χ1) is 16.2. The molecule has 0 aromatic heterocycles. The molecule has 0 radical (unpaired) electrons. The van der Waals surface area contributed by atoms with Crippen LogP contribution in [-0.2, 0) is 19.6 Å². The van der Waals surface area contributed by atoms with Crippen LogP contribution >= 0.6 is 0 Å². The van der Waals surface area contributed by atoms with Gasteiger partial charge < -0.3 is 19.5 Å². The number of anilines is 1. The van der Waals surface area contributed by atoms with Crippen LogP contribution in [0.4, 0.5) is 14.5 Å². The van der Waals surface area contributed by atoms with Crippen LogP contribution in [0.2, 0.25) is 0 Å². The minimum atomic E-state index is -3.80. The number of hydrogen-bond donors (Lipinski definition) is 1. The molecule has 34 heavy (non-hydrogen) atoms. The number of carbonyl (C=O) groups is 1. The maximum absolute atomic E-state index is 13.0. The summed E-state index contributed by atoms with van der Waals surface area (Å²) in [4.78, 5) is 12.6. The van der Waals surface area contributed by atoms with Crippen LogP contribution < -0.4 is 14.8 Å². The highest BCUT2D eigenvalue weighted by atomic mass is 32.2. The molecule has 1 fully saturated rings. The van der Waals surface area contributed by atoms with Gasteiger partial charge in [0.1, 0.15) is 11.5 Å². The molecule has 0 aliphatic carbocycles. The van der Waals surface area contributed by atoms with Gasteiger partial charge in [0.15, 0.2) is 0 Å². The van der Waals surface area contributed by atoms with Crippen molar-refractivity contribution in [2.24, 2.45) is 0 Å². The Hall–Kier alpha value is -3.02. The average molecular weight is 497 g/mol. The van der Waals surface area contributed by atoms with E-state index < -0.39 is 22.5 Å². The van der Waals surface area contributed by atoms with Crippen molar-refractivity contribution in [1.82, 2.24) is 4.31 Å². The molecule has 1 aliphatic heterocycles. The lowest BCUT2D eigenvalue weighted by Gasteiger charge is -2.26. The van der Waals surface area contributed by atoms with Crippen molar-refractivity contribution < 1.29 is 36.2 Å². The molecule has 3 rings (SSSR count). The zero-order chi connectivity index (χ0) is 24.7. The number of nitrogens with one attached hydrogen (secondary N) is 1. The van der Waals surface area contributed by atoms with Crippen LogP contribution in [0.5, 0.6) is 11.5 Å². The Bertz CT molecular complexity index is 1130. The summed E-state index contributed by atoms with van der Waals surface area (Å²) >= 11 is 0.